The number of fused-ring (bicyclic) bond motifs is 2. The molecule has 1 amide bonds. The van der Waals surface area contributed by atoms with Gasteiger partial charge in [0.25, 0.3) is 11.5 Å². The third kappa shape index (κ3) is 2.28. The number of aromatic amines is 2. The van der Waals surface area contributed by atoms with Crippen LogP contribution in [0.4, 0.5) is 0 Å². The molecule has 2 aromatic heterocycles. The van der Waals surface area contributed by atoms with Crippen LogP contribution < -0.4 is 11.2 Å². The van der Waals surface area contributed by atoms with Crippen LogP contribution in [0.3, 0.4) is 0 Å². The Morgan fingerprint density at radius 2 is 2.00 bits per heavy atom. The quantitative estimate of drug-likeness (QED) is 0.782. The van der Waals surface area contributed by atoms with E-state index in [0.717, 1.165) is 30.5 Å². The molecule has 0 saturated heterocycles. The number of hydrogen-bond acceptors (Lipinski definition) is 4. The van der Waals surface area contributed by atoms with Gasteiger partial charge in [-0.25, -0.2) is 4.79 Å². The number of carbonyl (C=O) groups excluding carboxylic acids is 1. The van der Waals surface area contributed by atoms with E-state index in [1.165, 1.54) is 0 Å². The number of H-pyrrole nitrogens is 2. The van der Waals surface area contributed by atoms with Crippen LogP contribution in [0.15, 0.2) is 21.9 Å². The number of amides is 1. The summed E-state index contributed by atoms with van der Waals surface area (Å²) in [7, 11) is 0. The molecule has 1 aliphatic carbocycles. The Morgan fingerprint density at radius 1 is 1.13 bits per heavy atom. The summed E-state index contributed by atoms with van der Waals surface area (Å²) in [5.41, 5.74) is 2.95. The first-order valence-corrected chi connectivity index (χ1v) is 7.74. The number of hydrogen-bond donors (Lipinski definition) is 2. The highest BCUT2D eigenvalue weighted by Gasteiger charge is 2.27. The van der Waals surface area contributed by atoms with Crippen molar-refractivity contribution in [2.45, 2.75) is 32.2 Å². The van der Waals surface area contributed by atoms with Crippen molar-refractivity contribution in [1.82, 2.24) is 19.9 Å². The largest absolute Gasteiger partial charge is 0.332 e. The van der Waals surface area contributed by atoms with Crippen molar-refractivity contribution in [1.29, 1.82) is 0 Å². The van der Waals surface area contributed by atoms with Crippen molar-refractivity contribution in [3.8, 4) is 0 Å². The lowest BCUT2D eigenvalue weighted by atomic mass is 10.0. The molecule has 1 aliphatic heterocycles. The summed E-state index contributed by atoms with van der Waals surface area (Å²) in [4.78, 5) is 47.0. The zero-order valence-corrected chi connectivity index (χ0v) is 12.5. The van der Waals surface area contributed by atoms with Crippen molar-refractivity contribution in [2.24, 2.45) is 0 Å². The van der Waals surface area contributed by atoms with Gasteiger partial charge in [0.05, 0.1) is 6.54 Å². The second kappa shape index (κ2) is 5.19. The van der Waals surface area contributed by atoms with Crippen LogP contribution in [-0.2, 0) is 25.8 Å². The maximum absolute atomic E-state index is 12.9. The van der Waals surface area contributed by atoms with Gasteiger partial charge in [0.2, 0.25) is 0 Å². The van der Waals surface area contributed by atoms with Crippen LogP contribution in [0.5, 0.6) is 0 Å². The molecular formula is C16H16N4O3. The summed E-state index contributed by atoms with van der Waals surface area (Å²) < 4.78 is 0. The van der Waals surface area contributed by atoms with Crippen molar-refractivity contribution < 1.29 is 4.79 Å². The minimum atomic E-state index is -0.534. The predicted molar refractivity (Wildman–Crippen MR) is 82.4 cm³/mol. The Kier molecular flexibility index (Phi) is 3.14. The van der Waals surface area contributed by atoms with Gasteiger partial charge in [0, 0.05) is 35.3 Å². The van der Waals surface area contributed by atoms with E-state index < -0.39 is 5.69 Å². The predicted octanol–water partition coefficient (Wildman–Crippen LogP) is 0.145. The molecule has 118 valence electrons. The van der Waals surface area contributed by atoms with Gasteiger partial charge in [-0.1, -0.05) is 0 Å². The molecular weight excluding hydrogens is 296 g/mol. The molecule has 2 N–H and O–H groups in total. The summed E-state index contributed by atoms with van der Waals surface area (Å²) in [6.45, 7) is 0.725. The molecule has 0 spiro atoms. The first-order chi connectivity index (χ1) is 11.1. The third-order valence-electron chi connectivity index (χ3n) is 4.61. The lowest BCUT2D eigenvalue weighted by molar-refractivity contribution is 0.0730. The Hall–Kier alpha value is -2.70. The average molecular weight is 312 g/mol. The fraction of sp³-hybridized carbons (Fsp3) is 0.375. The maximum atomic E-state index is 12.9. The molecule has 23 heavy (non-hydrogen) atoms. The minimum absolute atomic E-state index is 0.0580. The molecule has 0 radical (unpaired) electrons. The molecule has 3 heterocycles. The zero-order chi connectivity index (χ0) is 16.0. The fourth-order valence-corrected chi connectivity index (χ4v) is 3.48. The monoisotopic (exact) mass is 312 g/mol. The first-order valence-electron chi connectivity index (χ1n) is 7.74. The molecule has 7 nitrogen and oxygen atoms in total. The standard InChI is InChI=1S/C16H16N4O3/c21-14-11-5-7-20(8-13(11)18-16(23)19-14)15(22)10-4-6-17-12-3-1-2-9(10)12/h4,6H,1-3,5,7-8H2,(H2,18,19,21,23). The highest BCUT2D eigenvalue weighted by molar-refractivity contribution is 5.96. The van der Waals surface area contributed by atoms with Crippen LogP contribution in [0.25, 0.3) is 0 Å². The number of rotatable bonds is 1. The summed E-state index contributed by atoms with van der Waals surface area (Å²) in [5.74, 6) is -0.0580. The molecule has 0 fully saturated rings. The molecule has 2 aliphatic rings. The van der Waals surface area contributed by atoms with Gasteiger partial charge in [0.1, 0.15) is 0 Å². The molecule has 0 atom stereocenters. The summed E-state index contributed by atoms with van der Waals surface area (Å²) in [6, 6.07) is 1.77. The van der Waals surface area contributed by atoms with E-state index >= 15 is 0 Å². The molecule has 2 aromatic rings. The van der Waals surface area contributed by atoms with Gasteiger partial charge < -0.3 is 9.88 Å². The average Bonchev–Trinajstić information content (AvgIpc) is 3.02. The van der Waals surface area contributed by atoms with E-state index in [1.54, 1.807) is 17.2 Å². The highest BCUT2D eigenvalue weighted by atomic mass is 16.2. The fourth-order valence-electron chi connectivity index (χ4n) is 3.48. The normalized spacial score (nSPS) is 16.1. The Balaban J connectivity index is 1.68. The van der Waals surface area contributed by atoms with Crippen molar-refractivity contribution >= 4 is 5.91 Å². The number of aryl methyl sites for hydroxylation is 1. The highest BCUT2D eigenvalue weighted by Crippen LogP contribution is 2.25. The molecule has 0 aromatic carbocycles. The van der Waals surface area contributed by atoms with Crippen molar-refractivity contribution in [3.63, 3.8) is 0 Å². The Bertz CT molecular complexity index is 912. The number of carbonyl (C=O) groups is 1. The smallest absolute Gasteiger partial charge is 0.325 e. The molecule has 0 unspecified atom stereocenters. The van der Waals surface area contributed by atoms with Gasteiger partial charge in [-0.15, -0.1) is 0 Å². The van der Waals surface area contributed by atoms with Gasteiger partial charge >= 0.3 is 5.69 Å². The van der Waals surface area contributed by atoms with Crippen LogP contribution in [0.2, 0.25) is 0 Å². The Labute approximate surface area is 131 Å². The van der Waals surface area contributed by atoms with Gasteiger partial charge in [-0.3, -0.25) is 19.6 Å². The maximum Gasteiger partial charge on any atom is 0.325 e. The number of nitrogens with zero attached hydrogens (tertiary/aromatic N) is 2. The number of aromatic nitrogens is 3. The second-order valence-electron chi connectivity index (χ2n) is 5.98. The van der Waals surface area contributed by atoms with Gasteiger partial charge in [-0.2, -0.15) is 0 Å². The topological polar surface area (TPSA) is 98.9 Å². The zero-order valence-electron chi connectivity index (χ0n) is 12.5. The molecule has 0 bridgehead atoms. The number of pyridine rings is 1. The lowest BCUT2D eigenvalue weighted by Crippen LogP contribution is -2.41. The van der Waals surface area contributed by atoms with E-state index in [2.05, 4.69) is 15.0 Å². The van der Waals surface area contributed by atoms with E-state index in [1.807, 2.05) is 0 Å². The summed E-state index contributed by atoms with van der Waals surface area (Å²) in [5, 5.41) is 0. The summed E-state index contributed by atoms with van der Waals surface area (Å²) in [6.07, 6.45) is 4.95. The molecule has 7 heteroatoms. The minimum Gasteiger partial charge on any atom is -0.332 e. The van der Waals surface area contributed by atoms with Crippen LogP contribution in [-0.4, -0.2) is 32.3 Å². The van der Waals surface area contributed by atoms with Crippen molar-refractivity contribution in [3.05, 3.63) is 61.2 Å². The SMILES string of the molecule is O=C(c1ccnc2c1CCC2)N1CCc2c([nH]c(=O)[nH]c2=O)C1. The second-order valence-corrected chi connectivity index (χ2v) is 5.98. The molecule has 0 saturated carbocycles. The van der Waals surface area contributed by atoms with E-state index in [4.69, 9.17) is 0 Å². The van der Waals surface area contributed by atoms with Crippen LogP contribution in [0.1, 0.15) is 39.3 Å². The van der Waals surface area contributed by atoms with E-state index in [-0.39, 0.29) is 18.0 Å². The third-order valence-corrected chi connectivity index (χ3v) is 4.61. The van der Waals surface area contributed by atoms with Crippen LogP contribution in [0, 0.1) is 0 Å². The van der Waals surface area contributed by atoms with Crippen molar-refractivity contribution in [2.75, 3.05) is 6.54 Å². The first kappa shape index (κ1) is 13.9. The lowest BCUT2D eigenvalue weighted by Gasteiger charge is -2.28. The molecule has 4 rings (SSSR count). The van der Waals surface area contributed by atoms with Gasteiger partial charge in [-0.05, 0) is 37.3 Å². The van der Waals surface area contributed by atoms with E-state index in [9.17, 15) is 14.4 Å². The Morgan fingerprint density at radius 3 is 2.87 bits per heavy atom. The van der Waals surface area contributed by atoms with Crippen LogP contribution >= 0.6 is 0 Å². The van der Waals surface area contributed by atoms with E-state index in [0.29, 0.717) is 29.8 Å². The summed E-state index contributed by atoms with van der Waals surface area (Å²) >= 11 is 0. The van der Waals surface area contributed by atoms with Gasteiger partial charge in [0.15, 0.2) is 0 Å². The number of nitrogens with one attached hydrogen (secondary N) is 2.